The lowest BCUT2D eigenvalue weighted by Crippen LogP contribution is -1.91. The van der Waals surface area contributed by atoms with Gasteiger partial charge in [0.1, 0.15) is 10.0 Å². The number of aromatic nitrogens is 2. The van der Waals surface area contributed by atoms with E-state index in [0.717, 1.165) is 0 Å². The molecule has 0 N–H and O–H groups in total. The molecule has 0 fully saturated rings. The Morgan fingerprint density at radius 1 is 0.300 bits per heavy atom. The molecule has 3 aromatic carbocycles. The fraction of sp³-hybridized carbons (Fsp3) is 0. The van der Waals surface area contributed by atoms with E-state index in [9.17, 15) is 0 Å². The molecule has 0 amide bonds. The average molecular weight is 749 g/mol. The Balaban J connectivity index is 1.08. The molecule has 8 heteroatoms. The Morgan fingerprint density at radius 2 is 0.700 bits per heavy atom. The monoisotopic (exact) mass is 748 g/mol. The van der Waals surface area contributed by atoms with Crippen LogP contribution in [-0.2, 0) is 0 Å². The minimum Gasteiger partial charge on any atom is -0.301 e. The van der Waals surface area contributed by atoms with Gasteiger partial charge in [-0.25, -0.2) is 0 Å². The molecule has 0 saturated heterocycles. The predicted octanol–water partition coefficient (Wildman–Crippen LogP) is 14.9. The first-order valence-corrected chi connectivity index (χ1v) is 21.2. The number of fused-ring (bicyclic) bond motifs is 6. The van der Waals surface area contributed by atoms with E-state index in [4.69, 9.17) is 0 Å². The normalized spacial score (nSPS) is 12.0. The third-order valence-corrected chi connectivity index (χ3v) is 16.2. The van der Waals surface area contributed by atoms with Crippen LogP contribution in [0, 0.1) is 0 Å². The smallest absolute Gasteiger partial charge is 0.101 e. The van der Waals surface area contributed by atoms with Crippen molar-refractivity contribution in [3.8, 4) is 49.0 Å². The van der Waals surface area contributed by atoms with Gasteiger partial charge in [0.15, 0.2) is 0 Å². The molecule has 8 heterocycles. The summed E-state index contributed by atoms with van der Waals surface area (Å²) in [5.74, 6) is 0. The second-order valence-electron chi connectivity index (χ2n) is 12.1. The second kappa shape index (κ2) is 11.5. The third-order valence-electron chi connectivity index (χ3n) is 9.32. The number of hydrogen-bond acceptors (Lipinski definition) is 6. The van der Waals surface area contributed by atoms with Gasteiger partial charge in [0.2, 0.25) is 0 Å². The molecule has 0 atom stereocenters. The van der Waals surface area contributed by atoms with Crippen molar-refractivity contribution in [3.05, 3.63) is 144 Å². The predicted molar refractivity (Wildman–Crippen MR) is 224 cm³/mol. The molecule has 0 spiro atoms. The van der Waals surface area contributed by atoms with E-state index in [1.165, 1.54) is 92.6 Å². The molecule has 0 unspecified atom stereocenters. The van der Waals surface area contributed by atoms with Crippen molar-refractivity contribution in [3.63, 3.8) is 0 Å². The molecular formula is C42H24N2S6. The van der Waals surface area contributed by atoms with Crippen LogP contribution in [-0.4, -0.2) is 9.13 Å². The van der Waals surface area contributed by atoms with Crippen LogP contribution in [0.4, 0.5) is 0 Å². The lowest BCUT2D eigenvalue weighted by atomic mass is 10.1. The van der Waals surface area contributed by atoms with E-state index in [1.807, 2.05) is 45.3 Å². The lowest BCUT2D eigenvalue weighted by molar-refractivity contribution is 1.22. The van der Waals surface area contributed by atoms with E-state index in [2.05, 4.69) is 153 Å². The van der Waals surface area contributed by atoms with Crippen LogP contribution in [0.15, 0.2) is 144 Å². The van der Waals surface area contributed by atoms with Gasteiger partial charge < -0.3 is 9.13 Å². The summed E-state index contributed by atoms with van der Waals surface area (Å²) in [6.07, 6.45) is 0. The molecular weight excluding hydrogens is 725 g/mol. The zero-order valence-electron chi connectivity index (χ0n) is 26.2. The molecule has 0 saturated carbocycles. The highest BCUT2D eigenvalue weighted by molar-refractivity contribution is 7.27. The topological polar surface area (TPSA) is 9.86 Å². The molecule has 238 valence electrons. The van der Waals surface area contributed by atoms with E-state index in [0.29, 0.717) is 0 Å². The standard InChI is InChI=1S/C42H24N2S6/c1-3-9-29-25(7-1)27-23-32-28(24-31(27)43(29)41-19-17-39(49-41)37-15-13-35(47-37)33-11-5-21-45-33)26-8-2-4-10-30(26)44(32)42-20-18-40(50-42)38-16-14-36(48-38)34-12-6-22-46-34/h1-24H. The summed E-state index contributed by atoms with van der Waals surface area (Å²) >= 11 is 11.1. The first kappa shape index (κ1) is 29.2. The Labute approximate surface area is 311 Å². The summed E-state index contributed by atoms with van der Waals surface area (Å²) in [6, 6.07) is 49.5. The van der Waals surface area contributed by atoms with Crippen LogP contribution in [0.3, 0.4) is 0 Å². The number of thiophene rings is 6. The van der Waals surface area contributed by atoms with Gasteiger partial charge in [-0.3, -0.25) is 0 Å². The van der Waals surface area contributed by atoms with Crippen molar-refractivity contribution in [2.24, 2.45) is 0 Å². The first-order valence-electron chi connectivity index (χ1n) is 16.2. The number of para-hydroxylation sites is 2. The van der Waals surface area contributed by atoms with Gasteiger partial charge in [0.05, 0.1) is 22.1 Å². The van der Waals surface area contributed by atoms with E-state index >= 15 is 0 Å². The maximum atomic E-state index is 2.48. The van der Waals surface area contributed by atoms with Crippen LogP contribution in [0.5, 0.6) is 0 Å². The Hall–Kier alpha value is -4.54. The molecule has 8 aromatic heterocycles. The van der Waals surface area contributed by atoms with Crippen LogP contribution in [0.25, 0.3) is 92.6 Å². The van der Waals surface area contributed by atoms with Crippen molar-refractivity contribution < 1.29 is 0 Å². The molecule has 50 heavy (non-hydrogen) atoms. The minimum atomic E-state index is 1.24. The molecule has 0 aliphatic heterocycles. The Kier molecular flexibility index (Phi) is 6.72. The SMILES string of the molecule is c1csc(-c2ccc(-c3ccc(-n4c5ccccc5c5cc6c(cc54)c4ccccc4n6-c4ccc(-c5ccc(-c6cccs6)s5)s4)s3)s2)c1. The molecule has 0 bridgehead atoms. The van der Waals surface area contributed by atoms with Gasteiger partial charge in [0.25, 0.3) is 0 Å². The highest BCUT2D eigenvalue weighted by Crippen LogP contribution is 2.45. The minimum absolute atomic E-state index is 1.24. The summed E-state index contributed by atoms with van der Waals surface area (Å²) in [5.41, 5.74) is 4.96. The fourth-order valence-corrected chi connectivity index (χ4v) is 13.0. The van der Waals surface area contributed by atoms with Gasteiger partial charge in [-0.2, -0.15) is 0 Å². The van der Waals surface area contributed by atoms with Gasteiger partial charge in [-0.1, -0.05) is 48.5 Å². The maximum absolute atomic E-state index is 2.48. The van der Waals surface area contributed by atoms with Gasteiger partial charge in [-0.15, -0.1) is 68.0 Å². The molecule has 0 radical (unpaired) electrons. The van der Waals surface area contributed by atoms with Gasteiger partial charge >= 0.3 is 0 Å². The number of benzene rings is 3. The zero-order chi connectivity index (χ0) is 32.8. The second-order valence-corrected chi connectivity index (χ2v) is 18.3. The Bertz CT molecular complexity index is 2780. The lowest BCUT2D eigenvalue weighted by Gasteiger charge is -2.06. The van der Waals surface area contributed by atoms with Crippen LogP contribution >= 0.6 is 68.0 Å². The summed E-state index contributed by atoms with van der Waals surface area (Å²) in [7, 11) is 0. The van der Waals surface area contributed by atoms with Gasteiger partial charge in [0, 0.05) is 60.6 Å². The number of hydrogen-bond donors (Lipinski definition) is 0. The van der Waals surface area contributed by atoms with E-state index in [-0.39, 0.29) is 0 Å². The summed E-state index contributed by atoms with van der Waals surface area (Å²) in [5, 5.41) is 11.9. The molecule has 0 aliphatic carbocycles. The van der Waals surface area contributed by atoms with Crippen molar-refractivity contribution in [2.75, 3.05) is 0 Å². The van der Waals surface area contributed by atoms with Crippen LogP contribution < -0.4 is 0 Å². The van der Waals surface area contributed by atoms with E-state index < -0.39 is 0 Å². The van der Waals surface area contributed by atoms with Crippen LogP contribution in [0.2, 0.25) is 0 Å². The van der Waals surface area contributed by atoms with Crippen molar-refractivity contribution >= 4 is 112 Å². The molecule has 11 rings (SSSR count). The molecule has 11 aromatic rings. The zero-order valence-corrected chi connectivity index (χ0v) is 31.1. The van der Waals surface area contributed by atoms with E-state index in [1.54, 1.807) is 22.7 Å². The van der Waals surface area contributed by atoms with Crippen molar-refractivity contribution in [1.82, 2.24) is 9.13 Å². The van der Waals surface area contributed by atoms with Gasteiger partial charge in [-0.05, 0) is 95.7 Å². The summed E-state index contributed by atoms with van der Waals surface area (Å²) in [6.45, 7) is 0. The highest BCUT2D eigenvalue weighted by Gasteiger charge is 2.20. The van der Waals surface area contributed by atoms with Crippen molar-refractivity contribution in [2.45, 2.75) is 0 Å². The molecule has 2 nitrogen and oxygen atoms in total. The quantitative estimate of drug-likeness (QED) is 0.160. The highest BCUT2D eigenvalue weighted by atomic mass is 32.1. The maximum Gasteiger partial charge on any atom is 0.101 e. The number of nitrogens with zero attached hydrogens (tertiary/aromatic N) is 2. The average Bonchev–Trinajstić information content (AvgIpc) is 4.00. The first-order chi connectivity index (χ1) is 24.8. The number of rotatable bonds is 6. The summed E-state index contributed by atoms with van der Waals surface area (Å²) < 4.78 is 4.95. The Morgan fingerprint density at radius 3 is 1.14 bits per heavy atom. The largest absolute Gasteiger partial charge is 0.301 e. The third kappa shape index (κ3) is 4.53. The van der Waals surface area contributed by atoms with Crippen LogP contribution in [0.1, 0.15) is 0 Å². The fourth-order valence-electron chi connectivity index (χ4n) is 7.11. The molecule has 0 aliphatic rings. The summed E-state index contributed by atoms with van der Waals surface area (Å²) in [4.78, 5) is 10.6. The van der Waals surface area contributed by atoms with Crippen molar-refractivity contribution in [1.29, 1.82) is 0 Å².